The van der Waals surface area contributed by atoms with Gasteiger partial charge >= 0.3 is 0 Å². The molecule has 2 atom stereocenters. The molecule has 0 saturated heterocycles. The number of benzene rings is 1. The van der Waals surface area contributed by atoms with Crippen molar-refractivity contribution < 1.29 is 9.84 Å². The van der Waals surface area contributed by atoms with E-state index in [0.29, 0.717) is 28.3 Å². The molecule has 128 valence electrons. The van der Waals surface area contributed by atoms with E-state index in [1.54, 1.807) is 30.5 Å². The summed E-state index contributed by atoms with van der Waals surface area (Å²) in [5.74, 6) is 2.25. The molecule has 3 rings (SSSR count). The van der Waals surface area contributed by atoms with E-state index >= 15 is 0 Å². The van der Waals surface area contributed by atoms with Crippen molar-refractivity contribution in [2.75, 3.05) is 17.7 Å². The van der Waals surface area contributed by atoms with Crippen molar-refractivity contribution in [1.82, 2.24) is 9.97 Å². The summed E-state index contributed by atoms with van der Waals surface area (Å²) in [5, 5.41) is 13.4. The maximum Gasteiger partial charge on any atom is 0.222 e. The van der Waals surface area contributed by atoms with E-state index < -0.39 is 0 Å². The highest BCUT2D eigenvalue weighted by Crippen LogP contribution is 2.32. The predicted octanol–water partition coefficient (Wildman–Crippen LogP) is 3.47. The van der Waals surface area contributed by atoms with Crippen LogP contribution in [0.4, 0.5) is 11.8 Å². The fraction of sp³-hybridized carbons (Fsp3) is 0.412. The van der Waals surface area contributed by atoms with Gasteiger partial charge in [0, 0.05) is 17.7 Å². The lowest BCUT2D eigenvalue weighted by Gasteiger charge is -2.29. The number of hydrogen-bond acceptors (Lipinski definition) is 6. The van der Waals surface area contributed by atoms with Gasteiger partial charge in [-0.2, -0.15) is 4.98 Å². The van der Waals surface area contributed by atoms with Crippen LogP contribution in [0.1, 0.15) is 25.7 Å². The van der Waals surface area contributed by atoms with Crippen LogP contribution >= 0.6 is 11.6 Å². The summed E-state index contributed by atoms with van der Waals surface area (Å²) in [4.78, 5) is 8.29. The van der Waals surface area contributed by atoms with Gasteiger partial charge in [0.25, 0.3) is 0 Å². The smallest absolute Gasteiger partial charge is 0.222 e. The zero-order valence-electron chi connectivity index (χ0n) is 13.3. The molecule has 1 heterocycles. The van der Waals surface area contributed by atoms with Crippen LogP contribution in [0, 0.1) is 5.92 Å². The number of nitrogen functional groups attached to an aromatic ring is 1. The standard InChI is InChI=1S/C17H21ClN4O2/c18-12-4-6-14(7-5-12)24-15-9-20-17(19)22-16(15)21-13-3-1-2-11(8-13)10-23/h4-7,9,11,13,23H,1-3,8,10H2,(H3,19,20,21,22)/t11-,13+/m0/s1. The number of hydrogen-bond donors (Lipinski definition) is 3. The second kappa shape index (κ2) is 7.68. The Labute approximate surface area is 146 Å². The van der Waals surface area contributed by atoms with E-state index in [9.17, 15) is 5.11 Å². The monoisotopic (exact) mass is 348 g/mol. The average Bonchev–Trinajstić information content (AvgIpc) is 2.59. The third kappa shape index (κ3) is 4.27. The van der Waals surface area contributed by atoms with E-state index in [-0.39, 0.29) is 18.6 Å². The second-order valence-electron chi connectivity index (χ2n) is 6.05. The molecule has 6 nitrogen and oxygen atoms in total. The summed E-state index contributed by atoms with van der Waals surface area (Å²) < 4.78 is 5.86. The van der Waals surface area contributed by atoms with Crippen LogP contribution in [0.25, 0.3) is 0 Å². The van der Waals surface area contributed by atoms with E-state index in [1.165, 1.54) is 0 Å². The molecule has 0 bridgehead atoms. The molecule has 1 aromatic carbocycles. The van der Waals surface area contributed by atoms with Crippen molar-refractivity contribution in [2.24, 2.45) is 5.92 Å². The third-order valence-electron chi connectivity index (χ3n) is 4.20. The van der Waals surface area contributed by atoms with Gasteiger partial charge < -0.3 is 20.9 Å². The molecule has 0 amide bonds. The molecule has 1 saturated carbocycles. The lowest BCUT2D eigenvalue weighted by atomic mass is 9.86. The molecule has 4 N–H and O–H groups in total. The number of nitrogens with two attached hydrogens (primary N) is 1. The van der Waals surface area contributed by atoms with Gasteiger partial charge in [0.2, 0.25) is 5.95 Å². The molecule has 24 heavy (non-hydrogen) atoms. The Balaban J connectivity index is 1.76. The minimum atomic E-state index is 0.190. The first-order valence-corrected chi connectivity index (χ1v) is 8.45. The topological polar surface area (TPSA) is 93.3 Å². The fourth-order valence-electron chi connectivity index (χ4n) is 2.97. The van der Waals surface area contributed by atoms with Crippen molar-refractivity contribution in [3.63, 3.8) is 0 Å². The lowest BCUT2D eigenvalue weighted by Crippen LogP contribution is -2.29. The van der Waals surface area contributed by atoms with Gasteiger partial charge in [0.15, 0.2) is 11.6 Å². The van der Waals surface area contributed by atoms with Gasteiger partial charge in [-0.15, -0.1) is 0 Å². The molecule has 1 fully saturated rings. The number of aliphatic hydroxyl groups is 1. The molecule has 2 aromatic rings. The lowest BCUT2D eigenvalue weighted by molar-refractivity contribution is 0.184. The number of aromatic nitrogens is 2. The van der Waals surface area contributed by atoms with Gasteiger partial charge in [0.1, 0.15) is 5.75 Å². The second-order valence-corrected chi connectivity index (χ2v) is 6.49. The van der Waals surface area contributed by atoms with E-state index in [1.807, 2.05) is 0 Å². The number of aliphatic hydroxyl groups excluding tert-OH is 1. The zero-order valence-corrected chi connectivity index (χ0v) is 14.0. The maximum absolute atomic E-state index is 9.38. The van der Waals surface area contributed by atoms with Crippen molar-refractivity contribution in [2.45, 2.75) is 31.7 Å². The highest BCUT2D eigenvalue weighted by Gasteiger charge is 2.23. The summed E-state index contributed by atoms with van der Waals surface area (Å²) in [6.07, 6.45) is 5.64. The molecule has 0 radical (unpaired) electrons. The van der Waals surface area contributed by atoms with E-state index in [2.05, 4.69) is 15.3 Å². The van der Waals surface area contributed by atoms with E-state index in [4.69, 9.17) is 22.1 Å². The molecular formula is C17H21ClN4O2. The van der Waals surface area contributed by atoms with Crippen LogP contribution in [0.15, 0.2) is 30.5 Å². The average molecular weight is 349 g/mol. The van der Waals surface area contributed by atoms with Gasteiger partial charge in [-0.3, -0.25) is 0 Å². The molecule has 1 aliphatic carbocycles. The van der Waals surface area contributed by atoms with Crippen molar-refractivity contribution >= 4 is 23.4 Å². The van der Waals surface area contributed by atoms with Crippen molar-refractivity contribution in [3.05, 3.63) is 35.5 Å². The van der Waals surface area contributed by atoms with Crippen LogP contribution in [0.5, 0.6) is 11.5 Å². The van der Waals surface area contributed by atoms with Gasteiger partial charge in [-0.1, -0.05) is 18.0 Å². The fourth-order valence-corrected chi connectivity index (χ4v) is 3.10. The van der Waals surface area contributed by atoms with Crippen LogP contribution in [-0.4, -0.2) is 27.7 Å². The Morgan fingerprint density at radius 3 is 2.83 bits per heavy atom. The van der Waals surface area contributed by atoms with Gasteiger partial charge in [0.05, 0.1) is 6.20 Å². The molecule has 0 spiro atoms. The van der Waals surface area contributed by atoms with Crippen molar-refractivity contribution in [3.8, 4) is 11.5 Å². The Kier molecular flexibility index (Phi) is 5.37. The van der Waals surface area contributed by atoms with Crippen LogP contribution in [-0.2, 0) is 0 Å². The minimum Gasteiger partial charge on any atom is -0.452 e. The first-order chi connectivity index (χ1) is 11.6. The number of ether oxygens (including phenoxy) is 1. The quantitative estimate of drug-likeness (QED) is 0.766. The summed E-state index contributed by atoms with van der Waals surface area (Å²) in [6, 6.07) is 7.32. The van der Waals surface area contributed by atoms with Gasteiger partial charge in [-0.25, -0.2) is 4.98 Å². The summed E-state index contributed by atoms with van der Waals surface area (Å²) >= 11 is 5.89. The number of anilines is 2. The van der Waals surface area contributed by atoms with Crippen LogP contribution in [0.2, 0.25) is 5.02 Å². The zero-order chi connectivity index (χ0) is 16.9. The Hall–Kier alpha value is -2.05. The molecule has 1 aromatic heterocycles. The Morgan fingerprint density at radius 2 is 2.08 bits per heavy atom. The first kappa shape index (κ1) is 16.8. The molecule has 0 aliphatic heterocycles. The number of nitrogens with one attached hydrogen (secondary N) is 1. The molecule has 1 aliphatic rings. The highest BCUT2D eigenvalue weighted by molar-refractivity contribution is 6.30. The summed E-state index contributed by atoms with van der Waals surface area (Å²) in [6.45, 7) is 0.220. The largest absolute Gasteiger partial charge is 0.452 e. The van der Waals surface area contributed by atoms with Crippen LogP contribution < -0.4 is 15.8 Å². The van der Waals surface area contributed by atoms with Gasteiger partial charge in [-0.05, 0) is 49.4 Å². The minimum absolute atomic E-state index is 0.190. The molecule has 7 heteroatoms. The maximum atomic E-state index is 9.38. The summed E-state index contributed by atoms with van der Waals surface area (Å²) in [5.41, 5.74) is 5.72. The molecule has 0 unspecified atom stereocenters. The predicted molar refractivity (Wildman–Crippen MR) is 94.4 cm³/mol. The molecular weight excluding hydrogens is 328 g/mol. The number of rotatable bonds is 5. The normalized spacial score (nSPS) is 20.6. The first-order valence-electron chi connectivity index (χ1n) is 8.07. The number of nitrogens with zero attached hydrogens (tertiary/aromatic N) is 2. The number of halogens is 1. The highest BCUT2D eigenvalue weighted by atomic mass is 35.5. The summed E-state index contributed by atoms with van der Waals surface area (Å²) in [7, 11) is 0. The Morgan fingerprint density at radius 1 is 1.29 bits per heavy atom. The Bertz CT molecular complexity index is 681. The van der Waals surface area contributed by atoms with Crippen molar-refractivity contribution in [1.29, 1.82) is 0 Å². The van der Waals surface area contributed by atoms with Crippen LogP contribution in [0.3, 0.4) is 0 Å². The SMILES string of the molecule is Nc1ncc(Oc2ccc(Cl)cc2)c(N[C@@H]2CCC[C@H](CO)C2)n1. The third-order valence-corrected chi connectivity index (χ3v) is 4.45. The van der Waals surface area contributed by atoms with E-state index in [0.717, 1.165) is 25.7 Å².